The molecular formula is C21H20F5N5O4. The average Bonchev–Trinajstić information content (AvgIpc) is 3.26. The summed E-state index contributed by atoms with van der Waals surface area (Å²) >= 11 is 0. The number of aromatic nitrogens is 2. The van der Waals surface area contributed by atoms with Gasteiger partial charge in [0.25, 0.3) is 11.9 Å². The van der Waals surface area contributed by atoms with Gasteiger partial charge in [0.2, 0.25) is 12.7 Å². The molecule has 14 heteroatoms. The summed E-state index contributed by atoms with van der Waals surface area (Å²) in [5.41, 5.74) is 3.71. The van der Waals surface area contributed by atoms with Crippen LogP contribution < -0.4 is 15.8 Å². The fourth-order valence-corrected chi connectivity index (χ4v) is 4.30. The van der Waals surface area contributed by atoms with Crippen LogP contribution >= 0.6 is 0 Å². The quantitative estimate of drug-likeness (QED) is 0.560. The Morgan fingerprint density at radius 2 is 2.09 bits per heavy atom. The summed E-state index contributed by atoms with van der Waals surface area (Å²) < 4.78 is 84.1. The third kappa shape index (κ3) is 4.57. The van der Waals surface area contributed by atoms with Gasteiger partial charge in [-0.3, -0.25) is 4.79 Å². The number of nitrogens with two attached hydrogens (primary N) is 1. The molecule has 0 saturated carbocycles. The SMILES string of the molecule is C[C@]1(c2cc(NC(=O)c3cnc(OCF)cn3)ccc2F)N=C(N)O[C@@H]2CO[C@@H](C(F)(F)CF)[C@@H]21. The first kappa shape index (κ1) is 24.6. The minimum Gasteiger partial charge on any atom is -0.459 e. The van der Waals surface area contributed by atoms with E-state index in [0.717, 1.165) is 18.5 Å². The maximum atomic E-state index is 15.0. The average molecular weight is 501 g/mol. The third-order valence-corrected chi connectivity index (χ3v) is 5.86. The molecule has 9 nitrogen and oxygen atoms in total. The molecular weight excluding hydrogens is 481 g/mol. The Hall–Kier alpha value is -3.55. The van der Waals surface area contributed by atoms with E-state index in [-0.39, 0.29) is 35.5 Å². The lowest BCUT2D eigenvalue weighted by atomic mass is 9.73. The summed E-state index contributed by atoms with van der Waals surface area (Å²) in [4.78, 5) is 24.2. The molecule has 1 aromatic heterocycles. The number of aliphatic imine (C=N–C) groups is 1. The van der Waals surface area contributed by atoms with Gasteiger partial charge in [-0.05, 0) is 25.1 Å². The van der Waals surface area contributed by atoms with Crippen molar-refractivity contribution in [2.24, 2.45) is 16.6 Å². The number of anilines is 1. The van der Waals surface area contributed by atoms with E-state index in [1.54, 1.807) is 0 Å². The van der Waals surface area contributed by atoms with Crippen molar-refractivity contribution < 1.29 is 41.0 Å². The van der Waals surface area contributed by atoms with Gasteiger partial charge in [-0.15, -0.1) is 0 Å². The lowest BCUT2D eigenvalue weighted by Crippen LogP contribution is -2.54. The van der Waals surface area contributed by atoms with Gasteiger partial charge in [0.05, 0.1) is 24.9 Å². The van der Waals surface area contributed by atoms with Crippen molar-refractivity contribution in [3.63, 3.8) is 0 Å². The van der Waals surface area contributed by atoms with Crippen LogP contribution in [0.25, 0.3) is 0 Å². The number of amides is 1. The van der Waals surface area contributed by atoms with Crippen LogP contribution in [-0.2, 0) is 15.0 Å². The molecule has 188 valence electrons. The van der Waals surface area contributed by atoms with E-state index < -0.39 is 54.8 Å². The Morgan fingerprint density at radius 3 is 2.74 bits per heavy atom. The van der Waals surface area contributed by atoms with Crippen LogP contribution in [0.4, 0.5) is 27.6 Å². The van der Waals surface area contributed by atoms with Gasteiger partial charge in [0, 0.05) is 11.3 Å². The zero-order chi connectivity index (χ0) is 25.4. The number of alkyl halides is 4. The molecule has 0 spiro atoms. The fourth-order valence-electron chi connectivity index (χ4n) is 4.30. The van der Waals surface area contributed by atoms with E-state index in [1.165, 1.54) is 19.1 Å². The fraction of sp³-hybridized carbons (Fsp3) is 0.429. The molecule has 4 atom stereocenters. The number of benzene rings is 1. The van der Waals surface area contributed by atoms with Crippen LogP contribution in [0.1, 0.15) is 23.0 Å². The first-order chi connectivity index (χ1) is 16.6. The number of amidine groups is 1. The number of fused-ring (bicyclic) bond motifs is 1. The van der Waals surface area contributed by atoms with Gasteiger partial charge in [-0.25, -0.2) is 36.9 Å². The van der Waals surface area contributed by atoms with Gasteiger partial charge in [0.1, 0.15) is 29.3 Å². The molecule has 0 bridgehead atoms. The number of hydrogen-bond donors (Lipinski definition) is 2. The van der Waals surface area contributed by atoms with E-state index >= 15 is 4.39 Å². The number of carbonyl (C=O) groups excluding carboxylic acids is 1. The molecule has 1 fully saturated rings. The molecule has 3 heterocycles. The summed E-state index contributed by atoms with van der Waals surface area (Å²) in [7, 11) is 0. The zero-order valence-corrected chi connectivity index (χ0v) is 18.2. The first-order valence-electron chi connectivity index (χ1n) is 10.3. The van der Waals surface area contributed by atoms with Crippen LogP contribution in [-0.4, -0.2) is 60.2 Å². The summed E-state index contributed by atoms with van der Waals surface area (Å²) in [5.74, 6) is -6.89. The largest absolute Gasteiger partial charge is 0.459 e. The molecule has 2 aliphatic heterocycles. The highest BCUT2D eigenvalue weighted by molar-refractivity contribution is 6.02. The minimum atomic E-state index is -3.88. The first-order valence-corrected chi connectivity index (χ1v) is 10.3. The van der Waals surface area contributed by atoms with Crippen LogP contribution in [0.3, 0.4) is 0 Å². The lowest BCUT2D eigenvalue weighted by Gasteiger charge is -2.42. The molecule has 0 aliphatic carbocycles. The van der Waals surface area contributed by atoms with Gasteiger partial charge >= 0.3 is 5.92 Å². The highest BCUT2D eigenvalue weighted by Crippen LogP contribution is 2.50. The third-order valence-electron chi connectivity index (χ3n) is 5.86. The monoisotopic (exact) mass is 501 g/mol. The Kier molecular flexibility index (Phi) is 6.49. The van der Waals surface area contributed by atoms with Crippen LogP contribution in [0.5, 0.6) is 5.88 Å². The van der Waals surface area contributed by atoms with Gasteiger partial charge in [0.15, 0.2) is 6.67 Å². The second-order valence-electron chi connectivity index (χ2n) is 8.07. The predicted octanol–water partition coefficient (Wildman–Crippen LogP) is 2.72. The molecule has 0 radical (unpaired) electrons. The van der Waals surface area contributed by atoms with Crippen molar-refractivity contribution >= 4 is 17.6 Å². The normalized spacial score (nSPS) is 25.9. The summed E-state index contributed by atoms with van der Waals surface area (Å²) in [5, 5.41) is 2.48. The van der Waals surface area contributed by atoms with Crippen molar-refractivity contribution in [2.45, 2.75) is 30.6 Å². The van der Waals surface area contributed by atoms with Gasteiger partial charge in [-0.1, -0.05) is 0 Å². The molecule has 1 amide bonds. The van der Waals surface area contributed by atoms with Crippen molar-refractivity contribution in [2.75, 3.05) is 25.5 Å². The number of hydrogen-bond acceptors (Lipinski definition) is 8. The van der Waals surface area contributed by atoms with Crippen molar-refractivity contribution in [3.8, 4) is 5.88 Å². The molecule has 4 rings (SSSR count). The topological polar surface area (TPSA) is 121 Å². The minimum absolute atomic E-state index is 0.0723. The zero-order valence-electron chi connectivity index (χ0n) is 18.2. The smallest absolute Gasteiger partial charge is 0.301 e. The van der Waals surface area contributed by atoms with E-state index in [2.05, 4.69) is 25.0 Å². The van der Waals surface area contributed by atoms with Crippen molar-refractivity contribution in [3.05, 3.63) is 47.7 Å². The second kappa shape index (κ2) is 9.24. The van der Waals surface area contributed by atoms with Crippen LogP contribution in [0, 0.1) is 11.7 Å². The molecule has 35 heavy (non-hydrogen) atoms. The summed E-state index contributed by atoms with van der Waals surface area (Å²) in [6.07, 6.45) is -0.911. The predicted molar refractivity (Wildman–Crippen MR) is 111 cm³/mol. The Balaban J connectivity index is 1.67. The number of nitrogens with zero attached hydrogens (tertiary/aromatic N) is 3. The maximum absolute atomic E-state index is 15.0. The van der Waals surface area contributed by atoms with E-state index in [0.29, 0.717) is 0 Å². The van der Waals surface area contributed by atoms with Crippen LogP contribution in [0.15, 0.2) is 35.6 Å². The number of rotatable bonds is 7. The summed E-state index contributed by atoms with van der Waals surface area (Å²) in [6, 6.07) is 3.07. The highest BCUT2D eigenvalue weighted by Gasteiger charge is 2.62. The summed E-state index contributed by atoms with van der Waals surface area (Å²) in [6.45, 7) is -2.09. The lowest BCUT2D eigenvalue weighted by molar-refractivity contribution is -0.148. The second-order valence-corrected chi connectivity index (χ2v) is 8.07. The molecule has 2 aromatic rings. The van der Waals surface area contributed by atoms with E-state index in [4.69, 9.17) is 15.2 Å². The highest BCUT2D eigenvalue weighted by atomic mass is 19.3. The van der Waals surface area contributed by atoms with Crippen molar-refractivity contribution in [1.82, 2.24) is 9.97 Å². The standard InChI is InChI=1S/C21H20F5N5O4/c1-20(16-14(35-19(27)31-20)7-33-17(16)21(25,26)8-22)11-4-10(2-3-12(11)24)30-18(32)13-5-29-15(6-28-13)34-9-23/h2-6,14,16-17H,7-9H2,1H3,(H2,27,31)(H,30,32)/t14-,16-,17-,20-/m1/s1. The molecule has 0 unspecified atom stereocenters. The molecule has 1 aromatic carbocycles. The van der Waals surface area contributed by atoms with Crippen LogP contribution in [0.2, 0.25) is 0 Å². The number of carbonyl (C=O) groups is 1. The maximum Gasteiger partial charge on any atom is 0.301 e. The Morgan fingerprint density at radius 1 is 1.31 bits per heavy atom. The molecule has 3 N–H and O–H groups in total. The number of nitrogens with one attached hydrogen (secondary N) is 1. The Bertz CT molecular complexity index is 1140. The van der Waals surface area contributed by atoms with Gasteiger partial charge < -0.3 is 25.3 Å². The number of ether oxygens (including phenoxy) is 3. The molecule has 2 aliphatic rings. The van der Waals surface area contributed by atoms with Gasteiger partial charge in [-0.2, -0.15) is 0 Å². The van der Waals surface area contributed by atoms with E-state index in [1.807, 2.05) is 0 Å². The van der Waals surface area contributed by atoms with Crippen molar-refractivity contribution in [1.29, 1.82) is 0 Å². The Labute approximate surface area is 195 Å². The number of halogens is 5. The molecule has 1 saturated heterocycles. The van der Waals surface area contributed by atoms with E-state index in [9.17, 15) is 22.4 Å².